The minimum absolute atomic E-state index is 0.0329. The van der Waals surface area contributed by atoms with Crippen LogP contribution < -0.4 is 4.74 Å². The van der Waals surface area contributed by atoms with Crippen LogP contribution in [0.15, 0.2) is 24.3 Å². The molecule has 0 radical (unpaired) electrons. The number of benzene rings is 1. The van der Waals surface area contributed by atoms with Crippen LogP contribution in [0.3, 0.4) is 0 Å². The molecule has 1 aromatic rings. The van der Waals surface area contributed by atoms with Crippen molar-refractivity contribution >= 4 is 11.9 Å². The second-order valence-corrected chi connectivity index (χ2v) is 6.35. The third kappa shape index (κ3) is 5.46. The second kappa shape index (κ2) is 9.42. The molecule has 2 unspecified atom stereocenters. The molecule has 0 spiro atoms. The third-order valence-electron chi connectivity index (χ3n) is 4.48. The summed E-state index contributed by atoms with van der Waals surface area (Å²) in [7, 11) is 0. The normalized spacial score (nSPS) is 17.3. The number of carbonyl (C=O) groups excluding carboxylic acids is 1. The predicted molar refractivity (Wildman–Crippen MR) is 93.8 cm³/mol. The summed E-state index contributed by atoms with van der Waals surface area (Å²) in [5, 5.41) is 9.15. The lowest BCUT2D eigenvalue weighted by atomic mass is 9.89. The number of hydrogen-bond donors (Lipinski definition) is 1. The van der Waals surface area contributed by atoms with Gasteiger partial charge in [0.2, 0.25) is 5.91 Å². The number of carboxylic acids is 1. The van der Waals surface area contributed by atoms with E-state index in [0.717, 1.165) is 17.7 Å². The zero-order valence-electron chi connectivity index (χ0n) is 14.9. The van der Waals surface area contributed by atoms with Gasteiger partial charge in [-0.05, 0) is 30.9 Å². The Morgan fingerprint density at radius 2 is 2.16 bits per heavy atom. The highest BCUT2D eigenvalue weighted by atomic mass is 16.5. The lowest BCUT2D eigenvalue weighted by Gasteiger charge is -2.29. The first kappa shape index (κ1) is 19.2. The molecule has 1 N–H and O–H groups in total. The molecule has 1 aliphatic heterocycles. The maximum atomic E-state index is 12.8. The van der Waals surface area contributed by atoms with E-state index in [9.17, 15) is 9.59 Å². The van der Waals surface area contributed by atoms with E-state index >= 15 is 0 Å². The maximum absolute atomic E-state index is 12.8. The summed E-state index contributed by atoms with van der Waals surface area (Å²) < 4.78 is 11.0. The molecule has 1 aromatic carbocycles. The molecule has 1 amide bonds. The second-order valence-electron chi connectivity index (χ2n) is 6.35. The lowest BCUT2D eigenvalue weighted by molar-refractivity contribution is -0.143. The summed E-state index contributed by atoms with van der Waals surface area (Å²) in [4.78, 5) is 25.6. The number of ether oxygens (including phenoxy) is 2. The summed E-state index contributed by atoms with van der Waals surface area (Å²) in [6, 6.07) is 7.79. The topological polar surface area (TPSA) is 76.1 Å². The van der Waals surface area contributed by atoms with Crippen molar-refractivity contribution in [2.45, 2.75) is 32.6 Å². The number of amides is 1. The van der Waals surface area contributed by atoms with Crippen molar-refractivity contribution in [3.63, 3.8) is 0 Å². The molecule has 0 aromatic heterocycles. The Hall–Kier alpha value is -2.08. The van der Waals surface area contributed by atoms with Gasteiger partial charge in [0.15, 0.2) is 0 Å². The van der Waals surface area contributed by atoms with Crippen molar-refractivity contribution in [2.24, 2.45) is 5.92 Å². The van der Waals surface area contributed by atoms with Gasteiger partial charge in [0.25, 0.3) is 0 Å². The van der Waals surface area contributed by atoms with Crippen molar-refractivity contribution in [3.05, 3.63) is 29.8 Å². The summed E-state index contributed by atoms with van der Waals surface area (Å²) in [5.41, 5.74) is 1.05. The Morgan fingerprint density at radius 1 is 1.40 bits per heavy atom. The van der Waals surface area contributed by atoms with E-state index in [4.69, 9.17) is 14.6 Å². The van der Waals surface area contributed by atoms with E-state index in [1.807, 2.05) is 31.2 Å². The van der Waals surface area contributed by atoms with Crippen molar-refractivity contribution in [1.82, 2.24) is 4.90 Å². The van der Waals surface area contributed by atoms with E-state index in [2.05, 4.69) is 0 Å². The first-order valence-corrected chi connectivity index (χ1v) is 8.83. The fourth-order valence-electron chi connectivity index (χ4n) is 3.01. The number of rotatable bonds is 9. The first-order valence-electron chi connectivity index (χ1n) is 8.83. The van der Waals surface area contributed by atoms with Crippen LogP contribution in [0, 0.1) is 5.92 Å². The van der Waals surface area contributed by atoms with Crippen LogP contribution in [0.25, 0.3) is 0 Å². The van der Waals surface area contributed by atoms with Gasteiger partial charge >= 0.3 is 5.97 Å². The standard InChI is InChI=1S/C19H27NO5/c1-3-24-11-9-20(13-14(2)19(22)23)18(21)12-15-8-10-25-17-7-5-4-6-16(15)17/h4-7,14-15H,3,8-13H2,1-2H3,(H,22,23). The molecule has 138 valence electrons. The van der Waals surface area contributed by atoms with E-state index in [-0.39, 0.29) is 18.4 Å². The van der Waals surface area contributed by atoms with Crippen LogP contribution >= 0.6 is 0 Å². The highest BCUT2D eigenvalue weighted by molar-refractivity contribution is 5.78. The molecule has 25 heavy (non-hydrogen) atoms. The van der Waals surface area contributed by atoms with E-state index in [0.29, 0.717) is 32.8 Å². The van der Waals surface area contributed by atoms with Gasteiger partial charge in [0, 0.05) is 26.1 Å². The zero-order valence-corrected chi connectivity index (χ0v) is 14.9. The third-order valence-corrected chi connectivity index (χ3v) is 4.48. The molecule has 6 heteroatoms. The minimum atomic E-state index is -0.898. The Balaban J connectivity index is 2.04. The smallest absolute Gasteiger partial charge is 0.308 e. The molecule has 0 saturated heterocycles. The fourth-order valence-corrected chi connectivity index (χ4v) is 3.01. The maximum Gasteiger partial charge on any atom is 0.308 e. The van der Waals surface area contributed by atoms with Gasteiger partial charge in [-0.3, -0.25) is 9.59 Å². The largest absolute Gasteiger partial charge is 0.493 e. The Morgan fingerprint density at radius 3 is 2.88 bits per heavy atom. The van der Waals surface area contributed by atoms with E-state index in [1.165, 1.54) is 0 Å². The highest BCUT2D eigenvalue weighted by Gasteiger charge is 2.27. The van der Waals surface area contributed by atoms with Gasteiger partial charge in [-0.25, -0.2) is 0 Å². The molecule has 0 aliphatic carbocycles. The van der Waals surface area contributed by atoms with Crippen LogP contribution in [-0.4, -0.2) is 54.8 Å². The Kier molecular flexibility index (Phi) is 7.25. The molecule has 0 bridgehead atoms. The SMILES string of the molecule is CCOCCN(CC(C)C(=O)O)C(=O)CC1CCOc2ccccc21. The summed E-state index contributed by atoms with van der Waals surface area (Å²) in [6.45, 7) is 5.71. The first-order chi connectivity index (χ1) is 12.0. The molecule has 1 heterocycles. The van der Waals surface area contributed by atoms with Gasteiger partial charge in [0.1, 0.15) is 5.75 Å². The van der Waals surface area contributed by atoms with Gasteiger partial charge in [-0.1, -0.05) is 25.1 Å². The molecule has 6 nitrogen and oxygen atoms in total. The lowest BCUT2D eigenvalue weighted by Crippen LogP contribution is -2.40. The molecule has 2 atom stereocenters. The number of nitrogens with zero attached hydrogens (tertiary/aromatic N) is 1. The fraction of sp³-hybridized carbons (Fsp3) is 0.579. The van der Waals surface area contributed by atoms with Crippen LogP contribution in [0.5, 0.6) is 5.75 Å². The quantitative estimate of drug-likeness (QED) is 0.693. The van der Waals surface area contributed by atoms with Gasteiger partial charge in [0.05, 0.1) is 19.1 Å². The van der Waals surface area contributed by atoms with Gasteiger partial charge < -0.3 is 19.5 Å². The molecule has 1 aliphatic rings. The molecule has 2 rings (SSSR count). The molecular formula is C19H27NO5. The minimum Gasteiger partial charge on any atom is -0.493 e. The van der Waals surface area contributed by atoms with E-state index < -0.39 is 11.9 Å². The summed E-state index contributed by atoms with van der Waals surface area (Å²) >= 11 is 0. The summed E-state index contributed by atoms with van der Waals surface area (Å²) in [6.07, 6.45) is 1.15. The monoisotopic (exact) mass is 349 g/mol. The number of aliphatic carboxylic acids is 1. The van der Waals surface area contributed by atoms with E-state index in [1.54, 1.807) is 11.8 Å². The number of carbonyl (C=O) groups is 2. The van der Waals surface area contributed by atoms with Crippen molar-refractivity contribution in [3.8, 4) is 5.75 Å². The number of carboxylic acid groups (broad SMARTS) is 1. The highest BCUT2D eigenvalue weighted by Crippen LogP contribution is 2.35. The number of fused-ring (bicyclic) bond motifs is 1. The number of hydrogen-bond acceptors (Lipinski definition) is 4. The Labute approximate surface area is 148 Å². The van der Waals surface area contributed by atoms with Crippen LogP contribution in [-0.2, 0) is 14.3 Å². The van der Waals surface area contributed by atoms with Crippen molar-refractivity contribution < 1.29 is 24.2 Å². The average molecular weight is 349 g/mol. The number of para-hydroxylation sites is 1. The summed E-state index contributed by atoms with van der Waals surface area (Å²) in [5.74, 6) is -0.592. The molecule has 0 fully saturated rings. The van der Waals surface area contributed by atoms with Crippen molar-refractivity contribution in [2.75, 3.05) is 32.9 Å². The van der Waals surface area contributed by atoms with Gasteiger partial charge in [-0.2, -0.15) is 0 Å². The Bertz CT molecular complexity index is 589. The van der Waals surface area contributed by atoms with Crippen LogP contribution in [0.1, 0.15) is 38.2 Å². The van der Waals surface area contributed by atoms with Crippen LogP contribution in [0.4, 0.5) is 0 Å². The zero-order chi connectivity index (χ0) is 18.2. The molecule has 0 saturated carbocycles. The molecular weight excluding hydrogens is 322 g/mol. The van der Waals surface area contributed by atoms with Gasteiger partial charge in [-0.15, -0.1) is 0 Å². The van der Waals surface area contributed by atoms with Crippen LogP contribution in [0.2, 0.25) is 0 Å². The van der Waals surface area contributed by atoms with Crippen molar-refractivity contribution in [1.29, 1.82) is 0 Å². The average Bonchev–Trinajstić information content (AvgIpc) is 2.61. The predicted octanol–water partition coefficient (Wildman–Crippen LogP) is 2.53.